The Morgan fingerprint density at radius 3 is 2.36 bits per heavy atom. The molecule has 0 unspecified atom stereocenters. The standard InChI is InChI=1S/C9H20Se2/c1-4-5-6-7-8-10-11-9(2)3/h9H,4-8H2,1-3H3. The summed E-state index contributed by atoms with van der Waals surface area (Å²) in [7, 11) is 0. The fourth-order valence-corrected chi connectivity index (χ4v) is 7.52. The van der Waals surface area contributed by atoms with Crippen LogP contribution in [0.2, 0.25) is 10.1 Å². The van der Waals surface area contributed by atoms with Gasteiger partial charge in [-0.2, -0.15) is 0 Å². The van der Waals surface area contributed by atoms with Gasteiger partial charge < -0.3 is 0 Å². The second kappa shape index (κ2) is 9.13. The third-order valence-corrected chi connectivity index (χ3v) is 10.9. The molecule has 0 N–H and O–H groups in total. The minimum atomic E-state index is 0.985. The Kier molecular flexibility index (Phi) is 9.99. The first kappa shape index (κ1) is 12.0. The van der Waals surface area contributed by atoms with Crippen molar-refractivity contribution < 1.29 is 0 Å². The molecular formula is C9H20Se2. The topological polar surface area (TPSA) is 0 Å². The predicted molar refractivity (Wildman–Crippen MR) is 55.6 cm³/mol. The van der Waals surface area contributed by atoms with Gasteiger partial charge in [0.25, 0.3) is 0 Å². The fraction of sp³-hybridized carbons (Fsp3) is 1.00. The average Bonchev–Trinajstić information content (AvgIpc) is 1.96. The van der Waals surface area contributed by atoms with Gasteiger partial charge in [0.05, 0.1) is 0 Å². The van der Waals surface area contributed by atoms with Gasteiger partial charge in [-0.15, -0.1) is 0 Å². The van der Waals surface area contributed by atoms with E-state index in [1.165, 1.54) is 25.7 Å². The molecule has 0 atom stereocenters. The van der Waals surface area contributed by atoms with Crippen molar-refractivity contribution in [2.24, 2.45) is 0 Å². The Balaban J connectivity index is 2.80. The van der Waals surface area contributed by atoms with E-state index in [0.29, 0.717) is 0 Å². The molecule has 0 aromatic heterocycles. The molecule has 11 heavy (non-hydrogen) atoms. The van der Waals surface area contributed by atoms with Crippen LogP contribution >= 0.6 is 0 Å². The van der Waals surface area contributed by atoms with E-state index >= 15 is 0 Å². The third kappa shape index (κ3) is 11.0. The zero-order valence-electron chi connectivity index (χ0n) is 7.93. The van der Waals surface area contributed by atoms with Crippen LogP contribution in [0.5, 0.6) is 0 Å². The van der Waals surface area contributed by atoms with Crippen LogP contribution in [0, 0.1) is 0 Å². The molecule has 0 saturated carbocycles. The second-order valence-corrected chi connectivity index (χ2v) is 11.4. The molecule has 2 heteroatoms. The molecule has 0 spiro atoms. The molecule has 0 saturated heterocycles. The Morgan fingerprint density at radius 2 is 1.82 bits per heavy atom. The minimum absolute atomic E-state index is 0.985. The maximum atomic E-state index is 2.35. The molecule has 0 aliphatic carbocycles. The predicted octanol–water partition coefficient (Wildman–Crippen LogP) is 3.14. The van der Waals surface area contributed by atoms with Crippen LogP contribution in [0.1, 0.15) is 46.5 Å². The van der Waals surface area contributed by atoms with Crippen LogP contribution in [-0.4, -0.2) is 26.3 Å². The van der Waals surface area contributed by atoms with Crippen LogP contribution in [-0.2, 0) is 0 Å². The summed E-state index contributed by atoms with van der Waals surface area (Å²) in [5.41, 5.74) is 0. The molecule has 0 aliphatic heterocycles. The number of hydrogen-bond acceptors (Lipinski definition) is 0. The van der Waals surface area contributed by atoms with Gasteiger partial charge in [0.15, 0.2) is 0 Å². The summed E-state index contributed by atoms with van der Waals surface area (Å²) in [4.78, 5) is 0.994. The van der Waals surface area contributed by atoms with E-state index in [1.54, 1.807) is 5.32 Å². The second-order valence-electron chi connectivity index (χ2n) is 3.03. The van der Waals surface area contributed by atoms with Crippen LogP contribution in [0.3, 0.4) is 0 Å². The van der Waals surface area contributed by atoms with Crippen molar-refractivity contribution in [3.63, 3.8) is 0 Å². The molecule has 68 valence electrons. The summed E-state index contributed by atoms with van der Waals surface area (Å²) in [6, 6.07) is 0. The molecule has 0 radical (unpaired) electrons. The molecule has 0 amide bonds. The molecule has 0 nitrogen and oxygen atoms in total. The Bertz CT molecular complexity index is 72.0. The molecule has 0 aromatic rings. The fourth-order valence-electron chi connectivity index (χ4n) is 0.772. The molecule has 0 heterocycles. The van der Waals surface area contributed by atoms with E-state index in [-0.39, 0.29) is 0 Å². The zero-order chi connectivity index (χ0) is 8.53. The van der Waals surface area contributed by atoms with Gasteiger partial charge in [-0.05, 0) is 0 Å². The average molecular weight is 286 g/mol. The summed E-state index contributed by atoms with van der Waals surface area (Å²) in [5.74, 6) is 0. The SMILES string of the molecule is CCCCCC[Se][Se]C(C)C. The van der Waals surface area contributed by atoms with E-state index in [1.807, 2.05) is 0 Å². The molecular weight excluding hydrogens is 266 g/mol. The van der Waals surface area contributed by atoms with E-state index < -0.39 is 0 Å². The van der Waals surface area contributed by atoms with E-state index in [2.05, 4.69) is 20.8 Å². The van der Waals surface area contributed by atoms with Gasteiger partial charge in [0, 0.05) is 0 Å². The van der Waals surface area contributed by atoms with Gasteiger partial charge in [0.2, 0.25) is 0 Å². The number of unbranched alkanes of at least 4 members (excludes halogenated alkanes) is 3. The van der Waals surface area contributed by atoms with Crippen molar-refractivity contribution in [2.75, 3.05) is 0 Å². The molecule has 0 aliphatic rings. The first-order chi connectivity index (χ1) is 5.27. The van der Waals surface area contributed by atoms with E-state index in [4.69, 9.17) is 0 Å². The van der Waals surface area contributed by atoms with Crippen molar-refractivity contribution in [3.8, 4) is 0 Å². The number of hydrogen-bond donors (Lipinski definition) is 0. The maximum absolute atomic E-state index is 2.35. The zero-order valence-corrected chi connectivity index (χ0v) is 11.4. The first-order valence-electron chi connectivity index (χ1n) is 4.55. The quantitative estimate of drug-likeness (QED) is 0.498. The van der Waals surface area contributed by atoms with Crippen LogP contribution in [0.4, 0.5) is 0 Å². The van der Waals surface area contributed by atoms with Gasteiger partial charge in [0.1, 0.15) is 0 Å². The Morgan fingerprint density at radius 1 is 1.09 bits per heavy atom. The van der Waals surface area contributed by atoms with Crippen molar-refractivity contribution >= 4 is 26.3 Å². The van der Waals surface area contributed by atoms with Crippen molar-refractivity contribution in [3.05, 3.63) is 0 Å². The van der Waals surface area contributed by atoms with E-state index in [0.717, 1.165) is 31.1 Å². The van der Waals surface area contributed by atoms with Crippen LogP contribution < -0.4 is 0 Å². The van der Waals surface area contributed by atoms with Gasteiger partial charge >= 0.3 is 82.9 Å². The van der Waals surface area contributed by atoms with Crippen molar-refractivity contribution in [2.45, 2.75) is 56.6 Å². The summed E-state index contributed by atoms with van der Waals surface area (Å²) in [6.07, 6.45) is 5.81. The Hall–Kier alpha value is 1.04. The van der Waals surface area contributed by atoms with Crippen molar-refractivity contribution in [1.82, 2.24) is 0 Å². The normalized spacial score (nSPS) is 10.9. The third-order valence-electron chi connectivity index (χ3n) is 1.34. The van der Waals surface area contributed by atoms with Gasteiger partial charge in [-0.1, -0.05) is 0 Å². The molecule has 0 aromatic carbocycles. The summed E-state index contributed by atoms with van der Waals surface area (Å²) < 4.78 is 0. The van der Waals surface area contributed by atoms with E-state index in [9.17, 15) is 0 Å². The molecule has 0 bridgehead atoms. The van der Waals surface area contributed by atoms with Gasteiger partial charge in [-0.3, -0.25) is 0 Å². The molecule has 0 rings (SSSR count). The molecule has 0 fully saturated rings. The van der Waals surface area contributed by atoms with Gasteiger partial charge in [-0.25, -0.2) is 0 Å². The Labute approximate surface area is 82.8 Å². The monoisotopic (exact) mass is 288 g/mol. The summed E-state index contributed by atoms with van der Waals surface area (Å²) in [6.45, 7) is 6.99. The van der Waals surface area contributed by atoms with Crippen LogP contribution in [0.25, 0.3) is 0 Å². The summed E-state index contributed by atoms with van der Waals surface area (Å²) >= 11 is 1.99. The first-order valence-corrected chi connectivity index (χ1v) is 11.1. The van der Waals surface area contributed by atoms with Crippen molar-refractivity contribution in [1.29, 1.82) is 0 Å². The number of rotatable bonds is 7. The van der Waals surface area contributed by atoms with Crippen LogP contribution in [0.15, 0.2) is 0 Å². The summed E-state index contributed by atoms with van der Waals surface area (Å²) in [5, 5.41) is 1.55.